The van der Waals surface area contributed by atoms with Gasteiger partial charge in [-0.15, -0.1) is 0 Å². The topological polar surface area (TPSA) is 35.5 Å². The summed E-state index contributed by atoms with van der Waals surface area (Å²) in [6.07, 6.45) is 2.22. The van der Waals surface area contributed by atoms with Gasteiger partial charge in [-0.25, -0.2) is 0 Å². The molecule has 1 heterocycles. The number of rotatable bonds is 3. The number of aliphatic hydroxyl groups is 1. The van der Waals surface area contributed by atoms with Crippen LogP contribution in [0.4, 0.5) is 0 Å². The Kier molecular flexibility index (Phi) is 3.98. The SMILES string of the molecule is C[C@H](O)CN(C)C1CCNCC1. The van der Waals surface area contributed by atoms with Crippen LogP contribution >= 0.6 is 0 Å². The molecule has 3 nitrogen and oxygen atoms in total. The van der Waals surface area contributed by atoms with Gasteiger partial charge in [-0.3, -0.25) is 0 Å². The fourth-order valence-corrected chi connectivity index (χ4v) is 1.81. The summed E-state index contributed by atoms with van der Waals surface area (Å²) in [6, 6.07) is 0.667. The fourth-order valence-electron chi connectivity index (χ4n) is 1.81. The number of hydrogen-bond acceptors (Lipinski definition) is 3. The Morgan fingerprint density at radius 3 is 2.58 bits per heavy atom. The molecule has 0 aromatic carbocycles. The van der Waals surface area contributed by atoms with Gasteiger partial charge < -0.3 is 15.3 Å². The summed E-state index contributed by atoms with van der Waals surface area (Å²) in [7, 11) is 2.10. The highest BCUT2D eigenvalue weighted by molar-refractivity contribution is 4.76. The predicted octanol–water partition coefficient (Wildman–Crippen LogP) is 0.0510. The van der Waals surface area contributed by atoms with Crippen LogP contribution in [0, 0.1) is 0 Å². The highest BCUT2D eigenvalue weighted by atomic mass is 16.3. The van der Waals surface area contributed by atoms with Crippen LogP contribution < -0.4 is 5.32 Å². The van der Waals surface area contributed by atoms with E-state index in [4.69, 9.17) is 0 Å². The monoisotopic (exact) mass is 172 g/mol. The van der Waals surface area contributed by atoms with Crippen molar-refractivity contribution in [2.75, 3.05) is 26.7 Å². The average molecular weight is 172 g/mol. The van der Waals surface area contributed by atoms with Crippen molar-refractivity contribution in [3.05, 3.63) is 0 Å². The first-order valence-electron chi connectivity index (χ1n) is 4.79. The van der Waals surface area contributed by atoms with E-state index in [-0.39, 0.29) is 6.10 Å². The fraction of sp³-hybridized carbons (Fsp3) is 1.00. The molecule has 1 atom stereocenters. The molecule has 0 aliphatic carbocycles. The number of hydrogen-bond donors (Lipinski definition) is 2. The van der Waals surface area contributed by atoms with Crippen molar-refractivity contribution < 1.29 is 5.11 Å². The van der Waals surface area contributed by atoms with Crippen molar-refractivity contribution in [3.63, 3.8) is 0 Å². The van der Waals surface area contributed by atoms with Crippen LogP contribution in [0.3, 0.4) is 0 Å². The van der Waals surface area contributed by atoms with Crippen LogP contribution in [0.1, 0.15) is 19.8 Å². The lowest BCUT2D eigenvalue weighted by Gasteiger charge is -2.32. The Labute approximate surface area is 74.8 Å². The highest BCUT2D eigenvalue weighted by Crippen LogP contribution is 2.09. The Morgan fingerprint density at radius 1 is 1.50 bits per heavy atom. The van der Waals surface area contributed by atoms with Crippen LogP contribution in [0.15, 0.2) is 0 Å². The molecule has 0 spiro atoms. The van der Waals surface area contributed by atoms with Gasteiger partial charge in [0, 0.05) is 12.6 Å². The molecular formula is C9H20N2O. The van der Waals surface area contributed by atoms with E-state index < -0.39 is 0 Å². The first-order chi connectivity index (χ1) is 5.70. The molecule has 0 saturated carbocycles. The predicted molar refractivity (Wildman–Crippen MR) is 50.2 cm³/mol. The zero-order valence-corrected chi connectivity index (χ0v) is 8.08. The lowest BCUT2D eigenvalue weighted by atomic mass is 10.1. The molecule has 72 valence electrons. The van der Waals surface area contributed by atoms with Gasteiger partial charge in [0.15, 0.2) is 0 Å². The second kappa shape index (κ2) is 4.80. The number of nitrogens with one attached hydrogen (secondary N) is 1. The number of aliphatic hydroxyl groups excluding tert-OH is 1. The van der Waals surface area contributed by atoms with Gasteiger partial charge in [0.2, 0.25) is 0 Å². The smallest absolute Gasteiger partial charge is 0.0639 e. The lowest BCUT2D eigenvalue weighted by molar-refractivity contribution is 0.105. The average Bonchev–Trinajstić information content (AvgIpc) is 2.05. The summed E-state index contributed by atoms with van der Waals surface area (Å²) in [4.78, 5) is 2.27. The Hall–Kier alpha value is -0.120. The van der Waals surface area contributed by atoms with Crippen molar-refractivity contribution in [1.82, 2.24) is 10.2 Å². The van der Waals surface area contributed by atoms with E-state index in [0.717, 1.165) is 19.6 Å². The third kappa shape index (κ3) is 3.09. The molecule has 0 radical (unpaired) electrons. The molecule has 0 aromatic rings. The van der Waals surface area contributed by atoms with Crippen LogP contribution in [0.2, 0.25) is 0 Å². The summed E-state index contributed by atoms with van der Waals surface area (Å²) in [6.45, 7) is 4.88. The molecule has 12 heavy (non-hydrogen) atoms. The summed E-state index contributed by atoms with van der Waals surface area (Å²) in [5, 5.41) is 12.5. The van der Waals surface area contributed by atoms with Gasteiger partial charge >= 0.3 is 0 Å². The first kappa shape index (κ1) is 9.96. The van der Waals surface area contributed by atoms with Crippen LogP contribution in [0.5, 0.6) is 0 Å². The third-order valence-electron chi connectivity index (χ3n) is 2.48. The van der Waals surface area contributed by atoms with E-state index in [0.29, 0.717) is 6.04 Å². The van der Waals surface area contributed by atoms with Crippen molar-refractivity contribution in [1.29, 1.82) is 0 Å². The molecule has 1 aliphatic heterocycles. The highest BCUT2D eigenvalue weighted by Gasteiger charge is 2.17. The maximum Gasteiger partial charge on any atom is 0.0639 e. The van der Waals surface area contributed by atoms with Gasteiger partial charge in [-0.05, 0) is 39.9 Å². The molecular weight excluding hydrogens is 152 g/mol. The van der Waals surface area contributed by atoms with Gasteiger partial charge in [-0.2, -0.15) is 0 Å². The van der Waals surface area contributed by atoms with E-state index in [1.807, 2.05) is 6.92 Å². The van der Waals surface area contributed by atoms with Crippen LogP contribution in [-0.2, 0) is 0 Å². The van der Waals surface area contributed by atoms with Crippen molar-refractivity contribution in [2.24, 2.45) is 0 Å². The second-order valence-corrected chi connectivity index (χ2v) is 3.77. The minimum Gasteiger partial charge on any atom is -0.392 e. The molecule has 0 aromatic heterocycles. The van der Waals surface area contributed by atoms with Crippen molar-refractivity contribution in [3.8, 4) is 0 Å². The molecule has 2 N–H and O–H groups in total. The van der Waals surface area contributed by atoms with Gasteiger partial charge in [0.25, 0.3) is 0 Å². The molecule has 0 bridgehead atoms. The van der Waals surface area contributed by atoms with E-state index >= 15 is 0 Å². The summed E-state index contributed by atoms with van der Waals surface area (Å²) in [5.74, 6) is 0. The normalized spacial score (nSPS) is 23.0. The zero-order valence-electron chi connectivity index (χ0n) is 8.08. The molecule has 0 unspecified atom stereocenters. The van der Waals surface area contributed by atoms with Crippen LogP contribution in [-0.4, -0.2) is 48.8 Å². The van der Waals surface area contributed by atoms with Crippen LogP contribution in [0.25, 0.3) is 0 Å². The van der Waals surface area contributed by atoms with E-state index in [1.165, 1.54) is 12.8 Å². The first-order valence-corrected chi connectivity index (χ1v) is 4.79. The number of likely N-dealkylation sites (N-methyl/N-ethyl adjacent to an activating group) is 1. The van der Waals surface area contributed by atoms with Gasteiger partial charge in [0.1, 0.15) is 0 Å². The summed E-state index contributed by atoms with van der Waals surface area (Å²) >= 11 is 0. The largest absolute Gasteiger partial charge is 0.392 e. The quantitative estimate of drug-likeness (QED) is 0.631. The minimum absolute atomic E-state index is 0.204. The van der Waals surface area contributed by atoms with E-state index in [2.05, 4.69) is 17.3 Å². The zero-order chi connectivity index (χ0) is 8.97. The van der Waals surface area contributed by atoms with Gasteiger partial charge in [-0.1, -0.05) is 0 Å². The Morgan fingerprint density at radius 2 is 2.08 bits per heavy atom. The summed E-state index contributed by atoms with van der Waals surface area (Å²) in [5.41, 5.74) is 0. The molecule has 1 fully saturated rings. The van der Waals surface area contributed by atoms with E-state index in [1.54, 1.807) is 0 Å². The molecule has 1 rings (SSSR count). The Balaban J connectivity index is 2.24. The minimum atomic E-state index is -0.204. The van der Waals surface area contributed by atoms with Gasteiger partial charge in [0.05, 0.1) is 6.10 Å². The number of piperidine rings is 1. The van der Waals surface area contributed by atoms with Crippen molar-refractivity contribution in [2.45, 2.75) is 31.9 Å². The second-order valence-electron chi connectivity index (χ2n) is 3.77. The molecule has 1 aliphatic rings. The molecule has 3 heteroatoms. The standard InChI is InChI=1S/C9H20N2O/c1-8(12)7-11(2)9-3-5-10-6-4-9/h8-10,12H,3-7H2,1-2H3/t8-/m0/s1. The lowest BCUT2D eigenvalue weighted by Crippen LogP contribution is -2.43. The third-order valence-corrected chi connectivity index (χ3v) is 2.48. The number of nitrogens with zero attached hydrogens (tertiary/aromatic N) is 1. The molecule has 1 saturated heterocycles. The summed E-state index contributed by atoms with van der Waals surface area (Å²) < 4.78 is 0. The Bertz CT molecular complexity index is 122. The molecule has 0 amide bonds. The maximum absolute atomic E-state index is 9.20. The van der Waals surface area contributed by atoms with Crippen molar-refractivity contribution >= 4 is 0 Å². The maximum atomic E-state index is 9.20. The van der Waals surface area contributed by atoms with E-state index in [9.17, 15) is 5.11 Å².